The van der Waals surface area contributed by atoms with Crippen molar-refractivity contribution in [3.63, 3.8) is 0 Å². The number of imidazole rings is 1. The molecule has 1 aliphatic rings. The smallest absolute Gasteiger partial charge is 0.350 e. The van der Waals surface area contributed by atoms with Gasteiger partial charge < -0.3 is 34.6 Å². The fourth-order valence-electron chi connectivity index (χ4n) is 3.95. The van der Waals surface area contributed by atoms with E-state index < -0.39 is 50.5 Å². The third-order valence-corrected chi connectivity index (χ3v) is 6.23. The van der Waals surface area contributed by atoms with E-state index in [0.717, 1.165) is 5.56 Å². The van der Waals surface area contributed by atoms with Crippen molar-refractivity contribution in [2.75, 3.05) is 24.8 Å². The molecule has 0 radical (unpaired) electrons. The van der Waals surface area contributed by atoms with Gasteiger partial charge in [-0.3, -0.25) is 9.36 Å². The van der Waals surface area contributed by atoms with Crippen LogP contribution >= 0.6 is 19.2 Å². The number of hydrogen-bond donors (Lipinski definition) is 5. The summed E-state index contributed by atoms with van der Waals surface area (Å²) in [5.74, 6) is -1.42. The maximum absolute atomic E-state index is 13.0. The summed E-state index contributed by atoms with van der Waals surface area (Å²) < 4.78 is 17.2. The van der Waals surface area contributed by atoms with E-state index in [1.807, 2.05) is 30.3 Å². The van der Waals surface area contributed by atoms with Crippen LogP contribution in [0.3, 0.4) is 0 Å². The van der Waals surface area contributed by atoms with Crippen LogP contribution in [-0.2, 0) is 20.5 Å². The lowest BCUT2D eigenvalue weighted by molar-refractivity contribution is -0.126. The van der Waals surface area contributed by atoms with Gasteiger partial charge in [0, 0.05) is 6.54 Å². The summed E-state index contributed by atoms with van der Waals surface area (Å²) in [5, 5.41) is 24.0. The van der Waals surface area contributed by atoms with Gasteiger partial charge in [0.05, 0.1) is 25.0 Å². The number of Topliss-reactive ketones (excluding diaryl/α,β-unsaturated/α-hetero) is 1. The normalized spacial score (nSPS) is 23.0. The highest BCUT2D eigenvalue weighted by atomic mass is 35.5. The molecule has 182 valence electrons. The Morgan fingerprint density at radius 1 is 1.15 bits per heavy atom. The second-order valence-electron chi connectivity index (χ2n) is 7.93. The zero-order chi connectivity index (χ0) is 24.5. The molecule has 0 unspecified atom stereocenters. The molecule has 1 saturated carbocycles. The summed E-state index contributed by atoms with van der Waals surface area (Å²) in [4.78, 5) is 43.4. The lowest BCUT2D eigenvalue weighted by atomic mass is 10.1. The summed E-state index contributed by atoms with van der Waals surface area (Å²) in [7, 11) is -4.44. The van der Waals surface area contributed by atoms with Gasteiger partial charge in [0.1, 0.15) is 18.5 Å². The second kappa shape index (κ2) is 10.0. The van der Waals surface area contributed by atoms with Crippen molar-refractivity contribution >= 4 is 42.0 Å². The van der Waals surface area contributed by atoms with E-state index in [4.69, 9.17) is 26.1 Å². The molecule has 14 heteroatoms. The Labute approximate surface area is 198 Å². The standard InChI is InChI=1S/C20H23ClN5O7P/c21-20-24-18(22-7-6-11-4-2-1-3-5-11)13-19(25-20)26(9-23-13)14-15(27)12(16(28)17(14)29)8-33-10-34(30,31)32/h1-5,9,12,14,16-17,28-29H,6-8,10H2,(H,22,24,25)(H2,30,31,32)/t12-,14-,16-,17+/m0/s1. The van der Waals surface area contributed by atoms with Gasteiger partial charge in [-0.1, -0.05) is 30.3 Å². The van der Waals surface area contributed by atoms with E-state index in [1.54, 1.807) is 0 Å². The number of fused-ring (bicyclic) bond motifs is 1. The van der Waals surface area contributed by atoms with Crippen LogP contribution in [0, 0.1) is 5.92 Å². The van der Waals surface area contributed by atoms with E-state index in [9.17, 15) is 19.6 Å². The molecule has 0 bridgehead atoms. The minimum absolute atomic E-state index is 0.0986. The van der Waals surface area contributed by atoms with E-state index >= 15 is 0 Å². The number of aliphatic hydroxyl groups is 2. The first-order chi connectivity index (χ1) is 16.2. The first kappa shape index (κ1) is 24.7. The molecule has 0 saturated heterocycles. The largest absolute Gasteiger partial charge is 0.389 e. The Kier molecular flexibility index (Phi) is 7.29. The van der Waals surface area contributed by atoms with Crippen LogP contribution in [0.4, 0.5) is 5.82 Å². The van der Waals surface area contributed by atoms with Crippen molar-refractivity contribution in [3.05, 3.63) is 47.5 Å². The molecule has 5 N–H and O–H groups in total. The number of anilines is 1. The van der Waals surface area contributed by atoms with E-state index in [-0.39, 0.29) is 10.9 Å². The summed E-state index contributed by atoms with van der Waals surface area (Å²) in [6, 6.07) is 8.57. The molecule has 2 heterocycles. The Hall–Kier alpha value is -2.44. The van der Waals surface area contributed by atoms with Crippen molar-refractivity contribution in [2.45, 2.75) is 24.7 Å². The highest BCUT2D eigenvalue weighted by molar-refractivity contribution is 7.51. The van der Waals surface area contributed by atoms with Gasteiger partial charge in [0.25, 0.3) is 0 Å². The highest BCUT2D eigenvalue weighted by Crippen LogP contribution is 2.37. The molecule has 4 atom stereocenters. The maximum atomic E-state index is 13.0. The zero-order valence-electron chi connectivity index (χ0n) is 17.7. The number of carbonyl (C=O) groups is 1. The van der Waals surface area contributed by atoms with Crippen molar-refractivity contribution < 1.29 is 34.1 Å². The molecule has 4 rings (SSSR count). The molecule has 0 spiro atoms. The average molecular weight is 512 g/mol. The fraction of sp³-hybridized carbons (Fsp3) is 0.400. The van der Waals surface area contributed by atoms with Gasteiger partial charge in [-0.05, 0) is 23.6 Å². The molecule has 3 aromatic rings. The van der Waals surface area contributed by atoms with Gasteiger partial charge >= 0.3 is 7.60 Å². The third kappa shape index (κ3) is 5.28. The number of ketones is 1. The third-order valence-electron chi connectivity index (χ3n) is 5.54. The lowest BCUT2D eigenvalue weighted by Gasteiger charge is -2.17. The molecule has 12 nitrogen and oxygen atoms in total. The molecule has 0 amide bonds. The Morgan fingerprint density at radius 2 is 1.88 bits per heavy atom. The number of rotatable bonds is 9. The van der Waals surface area contributed by atoms with Crippen LogP contribution in [0.1, 0.15) is 11.6 Å². The molecule has 1 aliphatic carbocycles. The number of benzene rings is 1. The fourth-order valence-corrected chi connectivity index (χ4v) is 4.46. The first-order valence-corrected chi connectivity index (χ1v) is 12.5. The van der Waals surface area contributed by atoms with E-state index in [1.165, 1.54) is 10.9 Å². The summed E-state index contributed by atoms with van der Waals surface area (Å²) >= 11 is 6.10. The van der Waals surface area contributed by atoms with Crippen LogP contribution < -0.4 is 5.32 Å². The summed E-state index contributed by atoms with van der Waals surface area (Å²) in [6.07, 6.45) is -1.91. The van der Waals surface area contributed by atoms with Gasteiger partial charge in [0.2, 0.25) is 5.28 Å². The highest BCUT2D eigenvalue weighted by Gasteiger charge is 2.50. The number of halogens is 1. The van der Waals surface area contributed by atoms with Gasteiger partial charge in [-0.15, -0.1) is 0 Å². The summed E-state index contributed by atoms with van der Waals surface area (Å²) in [5.41, 5.74) is 1.63. The minimum atomic E-state index is -4.44. The molecule has 1 aromatic carbocycles. The van der Waals surface area contributed by atoms with E-state index in [2.05, 4.69) is 20.3 Å². The van der Waals surface area contributed by atoms with Gasteiger partial charge in [0.15, 0.2) is 22.8 Å². The Balaban J connectivity index is 1.54. The maximum Gasteiger partial charge on any atom is 0.350 e. The number of aromatic nitrogens is 4. The average Bonchev–Trinajstić information content (AvgIpc) is 3.27. The topological polar surface area (TPSA) is 180 Å². The van der Waals surface area contributed by atoms with E-state index in [0.29, 0.717) is 24.3 Å². The number of ether oxygens (including phenoxy) is 1. The Bertz CT molecular complexity index is 1220. The van der Waals surface area contributed by atoms with Crippen LogP contribution in [0.2, 0.25) is 5.28 Å². The quantitative estimate of drug-likeness (QED) is 0.202. The van der Waals surface area contributed by atoms with Crippen molar-refractivity contribution in [1.82, 2.24) is 19.5 Å². The second-order valence-corrected chi connectivity index (χ2v) is 9.85. The molecule has 1 fully saturated rings. The number of hydrogen-bond acceptors (Lipinski definition) is 9. The van der Waals surface area contributed by atoms with Crippen LogP contribution in [-0.4, -0.2) is 77.0 Å². The number of carbonyl (C=O) groups excluding carboxylic acids is 1. The van der Waals surface area contributed by atoms with Gasteiger partial charge in [-0.25, -0.2) is 4.98 Å². The summed E-state index contributed by atoms with van der Waals surface area (Å²) in [6.45, 7) is 0.0648. The predicted octanol–water partition coefficient (Wildman–Crippen LogP) is 0.748. The van der Waals surface area contributed by atoms with Crippen molar-refractivity contribution in [2.24, 2.45) is 5.92 Å². The first-order valence-electron chi connectivity index (χ1n) is 10.4. The van der Waals surface area contributed by atoms with Crippen molar-refractivity contribution in [1.29, 1.82) is 0 Å². The van der Waals surface area contributed by atoms with Crippen LogP contribution in [0.25, 0.3) is 11.2 Å². The molecular formula is C20H23ClN5O7P. The molecular weight excluding hydrogens is 489 g/mol. The monoisotopic (exact) mass is 511 g/mol. The zero-order valence-corrected chi connectivity index (χ0v) is 19.4. The molecule has 34 heavy (non-hydrogen) atoms. The van der Waals surface area contributed by atoms with Gasteiger partial charge in [-0.2, -0.15) is 9.97 Å². The minimum Gasteiger partial charge on any atom is -0.389 e. The van der Waals surface area contributed by atoms with Crippen molar-refractivity contribution in [3.8, 4) is 0 Å². The Morgan fingerprint density at radius 3 is 2.59 bits per heavy atom. The number of nitrogens with zero attached hydrogens (tertiary/aromatic N) is 4. The van der Waals surface area contributed by atoms with Crippen LogP contribution in [0.15, 0.2) is 36.7 Å². The SMILES string of the molecule is O=C1[C@H](COCP(=O)(O)O)[C@H](O)[C@H](O)[C@H]1n1cnc2c(NCCc3ccccc3)nc(Cl)nc21. The predicted molar refractivity (Wildman–Crippen MR) is 121 cm³/mol. The molecule has 0 aliphatic heterocycles. The number of nitrogens with one attached hydrogen (secondary N) is 1. The lowest BCUT2D eigenvalue weighted by Crippen LogP contribution is -2.31. The number of aliphatic hydroxyl groups excluding tert-OH is 2. The molecule has 2 aromatic heterocycles. The van der Waals surface area contributed by atoms with Crippen LogP contribution in [0.5, 0.6) is 0 Å².